The molecule has 0 bridgehead atoms. The zero-order chi connectivity index (χ0) is 12.2. The van der Waals surface area contributed by atoms with Gasteiger partial charge in [-0.15, -0.1) is 0 Å². The first-order valence-electron chi connectivity index (χ1n) is 5.26. The lowest BCUT2D eigenvalue weighted by molar-refractivity contribution is 0.297. The maximum atomic E-state index is 5.80. The smallest absolute Gasteiger partial charge is 0.258 e. The van der Waals surface area contributed by atoms with Crippen LogP contribution in [0, 0.1) is 0 Å². The third-order valence-electron chi connectivity index (χ3n) is 2.10. The van der Waals surface area contributed by atoms with Crippen molar-refractivity contribution in [2.75, 3.05) is 13.7 Å². The number of ether oxygens (including phenoxy) is 2. The summed E-state index contributed by atoms with van der Waals surface area (Å²) in [5, 5.41) is 0.420. The van der Waals surface area contributed by atoms with Crippen LogP contribution in [0.15, 0.2) is 12.1 Å². The van der Waals surface area contributed by atoms with Gasteiger partial charge in [-0.1, -0.05) is 31.2 Å². The highest BCUT2D eigenvalue weighted by Crippen LogP contribution is 2.26. The average Bonchev–Trinajstić information content (AvgIpc) is 2.16. The summed E-state index contributed by atoms with van der Waals surface area (Å²) in [6, 6.07) is 4.54. The number of methoxy groups -OCH3 is 1. The van der Waals surface area contributed by atoms with Crippen LogP contribution in [-0.2, 0) is 0 Å². The number of hydrogen-bond donors (Lipinski definition) is 0. The second-order valence-corrected chi connectivity index (χ2v) is 10.8. The molecule has 16 heavy (non-hydrogen) atoms. The predicted octanol–water partition coefficient (Wildman–Crippen LogP) is 3.46. The Morgan fingerprint density at radius 1 is 1.31 bits per heavy atom. The Bertz CT molecular complexity index is 352. The van der Waals surface area contributed by atoms with Crippen molar-refractivity contribution in [2.45, 2.75) is 25.7 Å². The van der Waals surface area contributed by atoms with E-state index in [-0.39, 0.29) is 0 Å². The lowest BCUT2D eigenvalue weighted by Crippen LogP contribution is -2.22. The summed E-state index contributed by atoms with van der Waals surface area (Å²) in [6.45, 7) is 7.58. The van der Waals surface area contributed by atoms with Gasteiger partial charge in [-0.2, -0.15) is 4.98 Å². The van der Waals surface area contributed by atoms with E-state index >= 15 is 0 Å². The average molecular weight is 260 g/mol. The number of nitrogens with zero attached hydrogens (tertiary/aromatic N) is 1. The Balaban J connectivity index is 2.62. The lowest BCUT2D eigenvalue weighted by atomic mass is 10.4. The van der Waals surface area contributed by atoms with Crippen molar-refractivity contribution < 1.29 is 9.47 Å². The molecular weight excluding hydrogens is 242 g/mol. The fourth-order valence-corrected chi connectivity index (χ4v) is 1.97. The van der Waals surface area contributed by atoms with Crippen LogP contribution in [0.1, 0.15) is 0 Å². The van der Waals surface area contributed by atoms with Crippen LogP contribution < -0.4 is 9.47 Å². The minimum atomic E-state index is -1.08. The second-order valence-electron chi connectivity index (χ2n) is 4.80. The monoisotopic (exact) mass is 259 g/mol. The highest BCUT2D eigenvalue weighted by atomic mass is 35.5. The molecule has 90 valence electrons. The van der Waals surface area contributed by atoms with E-state index in [1.165, 1.54) is 0 Å². The summed E-state index contributed by atoms with van der Waals surface area (Å²) in [4.78, 5) is 4.10. The normalized spacial score (nSPS) is 11.3. The predicted molar refractivity (Wildman–Crippen MR) is 69.4 cm³/mol. The van der Waals surface area contributed by atoms with Gasteiger partial charge in [0, 0.05) is 8.07 Å². The molecule has 1 aromatic rings. The number of pyridine rings is 1. The van der Waals surface area contributed by atoms with Crippen molar-refractivity contribution in [3.8, 4) is 11.6 Å². The van der Waals surface area contributed by atoms with Gasteiger partial charge in [-0.3, -0.25) is 0 Å². The van der Waals surface area contributed by atoms with Crippen LogP contribution in [-0.4, -0.2) is 26.8 Å². The molecule has 5 heteroatoms. The topological polar surface area (TPSA) is 31.4 Å². The third kappa shape index (κ3) is 4.41. The Morgan fingerprint density at radius 2 is 2.00 bits per heavy atom. The first kappa shape index (κ1) is 13.3. The van der Waals surface area contributed by atoms with E-state index in [0.29, 0.717) is 23.4 Å². The summed E-state index contributed by atoms with van der Waals surface area (Å²) >= 11 is 5.80. The maximum absolute atomic E-state index is 5.80. The number of rotatable bonds is 5. The molecule has 0 fully saturated rings. The van der Waals surface area contributed by atoms with Gasteiger partial charge in [0.05, 0.1) is 13.7 Å². The fourth-order valence-electron chi connectivity index (χ4n) is 1.12. The molecule has 0 radical (unpaired) electrons. The van der Waals surface area contributed by atoms with Crippen LogP contribution >= 0.6 is 11.6 Å². The SMILES string of the molecule is COc1ccc(Cl)nc1OCC[Si](C)(C)C. The van der Waals surface area contributed by atoms with Crippen molar-refractivity contribution in [1.29, 1.82) is 0 Å². The molecule has 0 unspecified atom stereocenters. The highest BCUT2D eigenvalue weighted by Gasteiger charge is 2.14. The van der Waals surface area contributed by atoms with Crippen LogP contribution in [0.25, 0.3) is 0 Å². The Labute approximate surface area is 103 Å². The highest BCUT2D eigenvalue weighted by molar-refractivity contribution is 6.76. The molecule has 1 heterocycles. The van der Waals surface area contributed by atoms with E-state index in [1.807, 2.05) is 0 Å². The van der Waals surface area contributed by atoms with Crippen LogP contribution in [0.2, 0.25) is 30.8 Å². The summed E-state index contributed by atoms with van der Waals surface area (Å²) < 4.78 is 10.7. The summed E-state index contributed by atoms with van der Waals surface area (Å²) in [6.07, 6.45) is 0. The van der Waals surface area contributed by atoms with Gasteiger partial charge in [-0.05, 0) is 18.2 Å². The molecule has 0 saturated heterocycles. The van der Waals surface area contributed by atoms with Crippen LogP contribution in [0.3, 0.4) is 0 Å². The molecule has 0 aromatic carbocycles. The Morgan fingerprint density at radius 3 is 2.56 bits per heavy atom. The number of aromatic nitrogens is 1. The second kappa shape index (κ2) is 5.55. The van der Waals surface area contributed by atoms with E-state index in [0.717, 1.165) is 6.04 Å². The van der Waals surface area contributed by atoms with Crippen LogP contribution in [0.5, 0.6) is 11.6 Å². The lowest BCUT2D eigenvalue weighted by Gasteiger charge is -2.16. The summed E-state index contributed by atoms with van der Waals surface area (Å²) in [5.74, 6) is 1.10. The van der Waals surface area contributed by atoms with Crippen molar-refractivity contribution in [3.63, 3.8) is 0 Å². The van der Waals surface area contributed by atoms with Gasteiger partial charge in [0.2, 0.25) is 0 Å². The Hall–Kier alpha value is -0.743. The molecule has 0 amide bonds. The van der Waals surface area contributed by atoms with Gasteiger partial charge in [0.1, 0.15) is 5.15 Å². The molecular formula is C11H18ClNO2Si. The zero-order valence-electron chi connectivity index (χ0n) is 10.2. The molecule has 0 saturated carbocycles. The number of hydrogen-bond acceptors (Lipinski definition) is 3. The van der Waals surface area contributed by atoms with E-state index in [1.54, 1.807) is 19.2 Å². The van der Waals surface area contributed by atoms with Gasteiger partial charge < -0.3 is 9.47 Å². The molecule has 0 aliphatic rings. The van der Waals surface area contributed by atoms with Gasteiger partial charge in [0.25, 0.3) is 5.88 Å². The third-order valence-corrected chi connectivity index (χ3v) is 4.02. The quantitative estimate of drug-likeness (QED) is 0.599. The summed E-state index contributed by atoms with van der Waals surface area (Å²) in [5.41, 5.74) is 0. The molecule has 0 N–H and O–H groups in total. The minimum Gasteiger partial charge on any atom is -0.491 e. The molecule has 1 rings (SSSR count). The maximum Gasteiger partial charge on any atom is 0.258 e. The first-order valence-corrected chi connectivity index (χ1v) is 9.34. The summed E-state index contributed by atoms with van der Waals surface area (Å²) in [7, 11) is 0.515. The largest absolute Gasteiger partial charge is 0.491 e. The molecule has 0 atom stereocenters. The molecule has 1 aromatic heterocycles. The minimum absolute atomic E-state index is 0.420. The van der Waals surface area contributed by atoms with E-state index < -0.39 is 8.07 Å². The van der Waals surface area contributed by atoms with Gasteiger partial charge in [0.15, 0.2) is 5.75 Å². The van der Waals surface area contributed by atoms with Gasteiger partial charge in [-0.25, -0.2) is 0 Å². The molecule has 3 nitrogen and oxygen atoms in total. The number of halogens is 1. The van der Waals surface area contributed by atoms with Crippen molar-refractivity contribution in [1.82, 2.24) is 4.98 Å². The van der Waals surface area contributed by atoms with Crippen molar-refractivity contribution in [2.24, 2.45) is 0 Å². The molecule has 0 aliphatic carbocycles. The standard InChI is InChI=1S/C11H18ClNO2Si/c1-14-9-5-6-10(12)13-11(9)15-7-8-16(2,3)4/h5-6H,7-8H2,1-4H3. The van der Waals surface area contributed by atoms with E-state index in [9.17, 15) is 0 Å². The first-order chi connectivity index (χ1) is 7.42. The van der Waals surface area contributed by atoms with Crippen molar-refractivity contribution >= 4 is 19.7 Å². The Kier molecular flexibility index (Phi) is 4.62. The molecule has 0 aliphatic heterocycles. The molecule has 0 spiro atoms. The van der Waals surface area contributed by atoms with E-state index in [2.05, 4.69) is 24.6 Å². The fraction of sp³-hybridized carbons (Fsp3) is 0.545. The van der Waals surface area contributed by atoms with Crippen LogP contribution in [0.4, 0.5) is 0 Å². The van der Waals surface area contributed by atoms with E-state index in [4.69, 9.17) is 21.1 Å². The zero-order valence-corrected chi connectivity index (χ0v) is 12.0. The van der Waals surface area contributed by atoms with Gasteiger partial charge >= 0.3 is 0 Å². The van der Waals surface area contributed by atoms with Crippen molar-refractivity contribution in [3.05, 3.63) is 17.3 Å².